The van der Waals surface area contributed by atoms with Crippen LogP contribution in [0.2, 0.25) is 0 Å². The monoisotopic (exact) mass is 364 g/mol. The summed E-state index contributed by atoms with van der Waals surface area (Å²) in [5.41, 5.74) is 1.31. The largest absolute Gasteiger partial charge is 0.454 e. The molecule has 0 aromatic heterocycles. The number of aryl methyl sites for hydroxylation is 1. The maximum absolute atomic E-state index is 12.4. The van der Waals surface area contributed by atoms with Crippen LogP contribution in [0.1, 0.15) is 36.7 Å². The lowest BCUT2D eigenvalue weighted by molar-refractivity contribution is -0.151. The number of carbonyl (C=O) groups excluding carboxylic acids is 3. The van der Waals surface area contributed by atoms with Crippen molar-refractivity contribution >= 4 is 17.8 Å². The number of hydrogen-bond acceptors (Lipinski definition) is 5. The van der Waals surface area contributed by atoms with E-state index in [0.717, 1.165) is 5.56 Å². The first-order valence-corrected chi connectivity index (χ1v) is 8.57. The number of hydrogen-bond donors (Lipinski definition) is 2. The standard InChI is InChI=1S/C19H28N2O5/c1-12(2)17(21-18(23)15-9-7-6-8-13(15)3)19(24)26-11-16(22)20-14(4)10-25-5/h6-9,12,14,17H,10-11H2,1-5H3,(H,20,22)(H,21,23). The minimum absolute atomic E-state index is 0.187. The number of carbonyl (C=O) groups is 3. The number of esters is 1. The molecule has 0 aliphatic carbocycles. The van der Waals surface area contributed by atoms with Crippen LogP contribution in [0, 0.1) is 12.8 Å². The van der Waals surface area contributed by atoms with Crippen molar-refractivity contribution in [2.45, 2.75) is 39.8 Å². The Bertz CT molecular complexity index is 630. The summed E-state index contributed by atoms with van der Waals surface area (Å²) in [5.74, 6) is -1.60. The zero-order valence-corrected chi connectivity index (χ0v) is 16.0. The molecule has 0 heterocycles. The quantitative estimate of drug-likeness (QED) is 0.647. The molecule has 0 bridgehead atoms. The molecule has 7 nitrogen and oxygen atoms in total. The summed E-state index contributed by atoms with van der Waals surface area (Å²) < 4.78 is 9.99. The van der Waals surface area contributed by atoms with Crippen molar-refractivity contribution in [3.63, 3.8) is 0 Å². The van der Waals surface area contributed by atoms with Crippen molar-refractivity contribution in [2.75, 3.05) is 20.3 Å². The average molecular weight is 364 g/mol. The fourth-order valence-corrected chi connectivity index (χ4v) is 2.38. The molecule has 0 fully saturated rings. The van der Waals surface area contributed by atoms with Gasteiger partial charge in [0.15, 0.2) is 6.61 Å². The van der Waals surface area contributed by atoms with Gasteiger partial charge in [0.2, 0.25) is 0 Å². The Morgan fingerprint density at radius 3 is 2.31 bits per heavy atom. The van der Waals surface area contributed by atoms with Crippen LogP contribution in [0.25, 0.3) is 0 Å². The van der Waals surface area contributed by atoms with Gasteiger partial charge in [0.05, 0.1) is 6.61 Å². The Labute approximate surface area is 154 Å². The zero-order valence-electron chi connectivity index (χ0n) is 16.0. The van der Waals surface area contributed by atoms with Gasteiger partial charge in [-0.2, -0.15) is 0 Å². The molecular weight excluding hydrogens is 336 g/mol. The van der Waals surface area contributed by atoms with Crippen LogP contribution in [0.15, 0.2) is 24.3 Å². The summed E-state index contributed by atoms with van der Waals surface area (Å²) in [7, 11) is 1.53. The van der Waals surface area contributed by atoms with Gasteiger partial charge in [0.1, 0.15) is 6.04 Å². The summed E-state index contributed by atoms with van der Waals surface area (Å²) in [4.78, 5) is 36.5. The molecule has 0 aliphatic heterocycles. The molecule has 2 N–H and O–H groups in total. The number of amides is 2. The summed E-state index contributed by atoms with van der Waals surface area (Å²) in [5, 5.41) is 5.34. The van der Waals surface area contributed by atoms with Crippen LogP contribution in [0.5, 0.6) is 0 Å². The van der Waals surface area contributed by atoms with E-state index in [1.165, 1.54) is 7.11 Å². The lowest BCUT2D eigenvalue weighted by Crippen LogP contribution is -2.46. The Hall–Kier alpha value is -2.41. The third-order valence-corrected chi connectivity index (χ3v) is 3.77. The summed E-state index contributed by atoms with van der Waals surface area (Å²) in [6.45, 7) is 7.15. The van der Waals surface area contributed by atoms with Gasteiger partial charge in [-0.3, -0.25) is 9.59 Å². The third-order valence-electron chi connectivity index (χ3n) is 3.77. The first kappa shape index (κ1) is 21.6. The number of benzene rings is 1. The lowest BCUT2D eigenvalue weighted by Gasteiger charge is -2.21. The van der Waals surface area contributed by atoms with E-state index < -0.39 is 24.5 Å². The van der Waals surface area contributed by atoms with Crippen LogP contribution >= 0.6 is 0 Å². The van der Waals surface area contributed by atoms with Crippen LogP contribution in [0.4, 0.5) is 0 Å². The molecule has 2 atom stereocenters. The van der Waals surface area contributed by atoms with Crippen LogP contribution in [-0.2, 0) is 19.1 Å². The Morgan fingerprint density at radius 2 is 1.73 bits per heavy atom. The second-order valence-corrected chi connectivity index (χ2v) is 6.54. The third kappa shape index (κ3) is 6.84. The van der Waals surface area contributed by atoms with Gasteiger partial charge < -0.3 is 20.1 Å². The van der Waals surface area contributed by atoms with Crippen molar-refractivity contribution in [3.05, 3.63) is 35.4 Å². The van der Waals surface area contributed by atoms with E-state index in [2.05, 4.69) is 10.6 Å². The molecule has 0 saturated carbocycles. The maximum Gasteiger partial charge on any atom is 0.329 e. The topological polar surface area (TPSA) is 93.7 Å². The Balaban J connectivity index is 2.63. The van der Waals surface area contributed by atoms with E-state index >= 15 is 0 Å². The highest BCUT2D eigenvalue weighted by Crippen LogP contribution is 2.10. The molecule has 0 saturated heterocycles. The Morgan fingerprint density at radius 1 is 1.08 bits per heavy atom. The van der Waals surface area contributed by atoms with Crippen LogP contribution in [0.3, 0.4) is 0 Å². The van der Waals surface area contributed by atoms with Gasteiger partial charge in [0, 0.05) is 18.7 Å². The molecule has 1 rings (SSSR count). The minimum atomic E-state index is -0.841. The Kier molecular flexibility index (Phi) is 8.78. The normalized spacial score (nSPS) is 13.0. The van der Waals surface area contributed by atoms with Crippen molar-refractivity contribution in [2.24, 2.45) is 5.92 Å². The second-order valence-electron chi connectivity index (χ2n) is 6.54. The van der Waals surface area contributed by atoms with Gasteiger partial charge in [-0.25, -0.2) is 4.79 Å². The van der Waals surface area contributed by atoms with E-state index in [0.29, 0.717) is 12.2 Å². The number of rotatable bonds is 9. The van der Waals surface area contributed by atoms with Gasteiger partial charge in [-0.1, -0.05) is 32.0 Å². The highest BCUT2D eigenvalue weighted by atomic mass is 16.5. The summed E-state index contributed by atoms with van der Waals surface area (Å²) in [6.07, 6.45) is 0. The van der Waals surface area contributed by atoms with Gasteiger partial charge in [0.25, 0.3) is 11.8 Å². The molecule has 7 heteroatoms. The molecule has 26 heavy (non-hydrogen) atoms. The van der Waals surface area contributed by atoms with E-state index in [1.54, 1.807) is 32.9 Å². The molecule has 0 radical (unpaired) electrons. The molecule has 2 amide bonds. The SMILES string of the molecule is COCC(C)NC(=O)COC(=O)C(NC(=O)c1ccccc1C)C(C)C. The van der Waals surface area contributed by atoms with Gasteiger partial charge >= 0.3 is 5.97 Å². The number of methoxy groups -OCH3 is 1. The predicted molar refractivity (Wildman–Crippen MR) is 97.7 cm³/mol. The van der Waals surface area contributed by atoms with E-state index in [4.69, 9.17) is 9.47 Å². The summed E-state index contributed by atoms with van der Waals surface area (Å²) in [6, 6.07) is 6.08. The van der Waals surface area contributed by atoms with Crippen LogP contribution < -0.4 is 10.6 Å². The zero-order chi connectivity index (χ0) is 19.7. The molecule has 144 valence electrons. The van der Waals surface area contributed by atoms with Crippen molar-refractivity contribution in [3.8, 4) is 0 Å². The van der Waals surface area contributed by atoms with E-state index in [9.17, 15) is 14.4 Å². The molecular formula is C19H28N2O5. The first-order valence-electron chi connectivity index (χ1n) is 8.57. The summed E-state index contributed by atoms with van der Waals surface area (Å²) >= 11 is 0. The molecule has 0 aliphatic rings. The van der Waals surface area contributed by atoms with E-state index in [-0.39, 0.29) is 17.9 Å². The fourth-order valence-electron chi connectivity index (χ4n) is 2.38. The highest BCUT2D eigenvalue weighted by Gasteiger charge is 2.27. The fraction of sp³-hybridized carbons (Fsp3) is 0.526. The van der Waals surface area contributed by atoms with Crippen molar-refractivity contribution in [1.82, 2.24) is 10.6 Å². The van der Waals surface area contributed by atoms with Crippen molar-refractivity contribution in [1.29, 1.82) is 0 Å². The van der Waals surface area contributed by atoms with Gasteiger partial charge in [-0.05, 0) is 31.4 Å². The molecule has 0 spiro atoms. The minimum Gasteiger partial charge on any atom is -0.454 e. The molecule has 1 aromatic carbocycles. The maximum atomic E-state index is 12.4. The van der Waals surface area contributed by atoms with Gasteiger partial charge in [-0.15, -0.1) is 0 Å². The van der Waals surface area contributed by atoms with E-state index in [1.807, 2.05) is 19.1 Å². The average Bonchev–Trinajstić information content (AvgIpc) is 2.57. The number of ether oxygens (including phenoxy) is 2. The number of nitrogens with one attached hydrogen (secondary N) is 2. The highest BCUT2D eigenvalue weighted by molar-refractivity contribution is 5.98. The predicted octanol–water partition coefficient (Wildman–Crippen LogP) is 1.44. The lowest BCUT2D eigenvalue weighted by atomic mass is 10.0. The first-order chi connectivity index (χ1) is 12.3. The van der Waals surface area contributed by atoms with Crippen LogP contribution in [-0.4, -0.2) is 50.2 Å². The second kappa shape index (κ2) is 10.6. The van der Waals surface area contributed by atoms with Crippen molar-refractivity contribution < 1.29 is 23.9 Å². The molecule has 1 aromatic rings. The molecule has 2 unspecified atom stereocenters. The smallest absolute Gasteiger partial charge is 0.329 e.